The molecule has 106 valence electrons. The second-order valence-electron chi connectivity index (χ2n) is 5.94. The Morgan fingerprint density at radius 2 is 2.16 bits per heavy atom. The fourth-order valence-corrected chi connectivity index (χ4v) is 2.52. The van der Waals surface area contributed by atoms with Crippen LogP contribution in [0, 0.1) is 11.2 Å². The molecule has 19 heavy (non-hydrogen) atoms. The zero-order valence-electron chi connectivity index (χ0n) is 11.7. The van der Waals surface area contributed by atoms with Crippen molar-refractivity contribution in [3.8, 4) is 5.75 Å². The average molecular weight is 266 g/mol. The Morgan fingerprint density at radius 3 is 2.84 bits per heavy atom. The minimum Gasteiger partial charge on any atom is -0.489 e. The highest BCUT2D eigenvalue weighted by Gasteiger charge is 2.33. The molecule has 4 heteroatoms. The van der Waals surface area contributed by atoms with Crippen molar-refractivity contribution in [1.29, 1.82) is 0 Å². The van der Waals surface area contributed by atoms with Gasteiger partial charge >= 0.3 is 0 Å². The first-order chi connectivity index (χ1) is 8.99. The van der Waals surface area contributed by atoms with Crippen molar-refractivity contribution in [1.82, 2.24) is 4.90 Å². The predicted molar refractivity (Wildman–Crippen MR) is 74.7 cm³/mol. The van der Waals surface area contributed by atoms with Gasteiger partial charge in [-0.15, -0.1) is 0 Å². The summed E-state index contributed by atoms with van der Waals surface area (Å²) in [4.78, 5) is 2.34. The van der Waals surface area contributed by atoms with Crippen LogP contribution in [0.2, 0.25) is 0 Å². The van der Waals surface area contributed by atoms with E-state index in [2.05, 4.69) is 18.7 Å². The molecule has 0 amide bonds. The molecule has 1 unspecified atom stereocenters. The second-order valence-corrected chi connectivity index (χ2v) is 5.94. The minimum absolute atomic E-state index is 0.135. The number of ether oxygens (including phenoxy) is 1. The number of benzene rings is 1. The van der Waals surface area contributed by atoms with E-state index in [9.17, 15) is 4.39 Å². The van der Waals surface area contributed by atoms with Crippen LogP contribution in [-0.4, -0.2) is 37.2 Å². The second kappa shape index (κ2) is 5.88. The summed E-state index contributed by atoms with van der Waals surface area (Å²) in [6.07, 6.45) is 1.01. The van der Waals surface area contributed by atoms with Crippen LogP contribution in [0.3, 0.4) is 0 Å². The molecular weight excluding hydrogens is 243 g/mol. The SMILES string of the molecule is CC1(C)CN(CCOc2ccccc2F)CCC1N. The quantitative estimate of drug-likeness (QED) is 0.908. The fourth-order valence-electron chi connectivity index (χ4n) is 2.52. The lowest BCUT2D eigenvalue weighted by molar-refractivity contribution is 0.0825. The molecule has 3 nitrogen and oxygen atoms in total. The normalized spacial score (nSPS) is 23.3. The summed E-state index contributed by atoms with van der Waals surface area (Å²) < 4.78 is 18.9. The van der Waals surface area contributed by atoms with Gasteiger partial charge in [0.15, 0.2) is 11.6 Å². The van der Waals surface area contributed by atoms with Crippen LogP contribution >= 0.6 is 0 Å². The van der Waals surface area contributed by atoms with E-state index < -0.39 is 0 Å². The summed E-state index contributed by atoms with van der Waals surface area (Å²) in [5.41, 5.74) is 6.24. The Bertz CT molecular complexity index is 422. The maximum Gasteiger partial charge on any atom is 0.165 e. The van der Waals surface area contributed by atoms with Gasteiger partial charge < -0.3 is 10.5 Å². The van der Waals surface area contributed by atoms with Gasteiger partial charge in [0, 0.05) is 19.1 Å². The van der Waals surface area contributed by atoms with Crippen molar-refractivity contribution < 1.29 is 9.13 Å². The molecule has 1 fully saturated rings. The molecule has 1 atom stereocenters. The van der Waals surface area contributed by atoms with Crippen molar-refractivity contribution in [3.05, 3.63) is 30.1 Å². The Kier molecular flexibility index (Phi) is 4.42. The van der Waals surface area contributed by atoms with E-state index in [-0.39, 0.29) is 17.3 Å². The third-order valence-electron chi connectivity index (χ3n) is 3.89. The van der Waals surface area contributed by atoms with Crippen LogP contribution < -0.4 is 10.5 Å². The van der Waals surface area contributed by atoms with E-state index in [1.165, 1.54) is 6.07 Å². The molecule has 0 radical (unpaired) electrons. The number of likely N-dealkylation sites (tertiary alicyclic amines) is 1. The topological polar surface area (TPSA) is 38.5 Å². The Labute approximate surface area is 114 Å². The van der Waals surface area contributed by atoms with Crippen molar-refractivity contribution >= 4 is 0 Å². The van der Waals surface area contributed by atoms with E-state index in [4.69, 9.17) is 10.5 Å². The summed E-state index contributed by atoms with van der Waals surface area (Å²) in [7, 11) is 0. The first-order valence-electron chi connectivity index (χ1n) is 6.84. The summed E-state index contributed by atoms with van der Waals surface area (Å²) in [6.45, 7) is 7.67. The van der Waals surface area contributed by atoms with Crippen LogP contribution in [-0.2, 0) is 0 Å². The number of nitrogens with two attached hydrogens (primary N) is 1. The number of piperidine rings is 1. The van der Waals surface area contributed by atoms with Crippen LogP contribution in [0.25, 0.3) is 0 Å². The summed E-state index contributed by atoms with van der Waals surface area (Å²) >= 11 is 0. The maximum absolute atomic E-state index is 13.4. The average Bonchev–Trinajstić information content (AvgIpc) is 2.36. The zero-order valence-corrected chi connectivity index (χ0v) is 11.7. The van der Waals surface area contributed by atoms with Crippen molar-refractivity contribution in [3.63, 3.8) is 0 Å². The van der Waals surface area contributed by atoms with Gasteiger partial charge in [-0.1, -0.05) is 26.0 Å². The number of hydrogen-bond donors (Lipinski definition) is 1. The third-order valence-corrected chi connectivity index (χ3v) is 3.89. The monoisotopic (exact) mass is 266 g/mol. The maximum atomic E-state index is 13.4. The lowest BCUT2D eigenvalue weighted by atomic mass is 9.80. The van der Waals surface area contributed by atoms with E-state index in [0.717, 1.165) is 26.1 Å². The third kappa shape index (κ3) is 3.67. The highest BCUT2D eigenvalue weighted by atomic mass is 19.1. The molecule has 2 N–H and O–H groups in total. The molecule has 0 aliphatic carbocycles. The van der Waals surface area contributed by atoms with Gasteiger partial charge in [0.1, 0.15) is 6.61 Å². The molecule has 2 rings (SSSR count). The first-order valence-corrected chi connectivity index (χ1v) is 6.84. The van der Waals surface area contributed by atoms with E-state index >= 15 is 0 Å². The standard InChI is InChI=1S/C15H23FN2O/c1-15(2)11-18(8-7-14(15)17)9-10-19-13-6-4-3-5-12(13)16/h3-6,14H,7-11,17H2,1-2H3. The number of rotatable bonds is 4. The number of para-hydroxylation sites is 1. The molecule has 1 aromatic rings. The summed E-state index contributed by atoms with van der Waals surface area (Å²) in [5.74, 6) is 0.0268. The van der Waals surface area contributed by atoms with Crippen molar-refractivity contribution in [2.45, 2.75) is 26.3 Å². The molecule has 0 saturated carbocycles. The van der Waals surface area contributed by atoms with Gasteiger partial charge in [0.05, 0.1) is 0 Å². The number of nitrogens with zero attached hydrogens (tertiary/aromatic N) is 1. The molecule has 1 aromatic carbocycles. The van der Waals surface area contributed by atoms with E-state index in [0.29, 0.717) is 12.4 Å². The van der Waals surface area contributed by atoms with Gasteiger partial charge in [-0.3, -0.25) is 4.90 Å². The van der Waals surface area contributed by atoms with Gasteiger partial charge in [-0.2, -0.15) is 0 Å². The smallest absolute Gasteiger partial charge is 0.165 e. The predicted octanol–water partition coefficient (Wildman–Crippen LogP) is 2.26. The van der Waals surface area contributed by atoms with Gasteiger partial charge in [-0.05, 0) is 30.5 Å². The summed E-state index contributed by atoms with van der Waals surface area (Å²) in [6, 6.07) is 6.78. The molecule has 1 saturated heterocycles. The molecule has 1 aliphatic heterocycles. The van der Waals surface area contributed by atoms with Gasteiger partial charge in [-0.25, -0.2) is 4.39 Å². The van der Waals surface area contributed by atoms with Crippen molar-refractivity contribution in [2.24, 2.45) is 11.1 Å². The molecule has 0 spiro atoms. The highest BCUT2D eigenvalue weighted by Crippen LogP contribution is 2.27. The van der Waals surface area contributed by atoms with Crippen LogP contribution in [0.1, 0.15) is 20.3 Å². The molecule has 0 bridgehead atoms. The van der Waals surface area contributed by atoms with Crippen LogP contribution in [0.4, 0.5) is 4.39 Å². The van der Waals surface area contributed by atoms with E-state index in [1.54, 1.807) is 18.2 Å². The van der Waals surface area contributed by atoms with Gasteiger partial charge in [0.2, 0.25) is 0 Å². The largest absolute Gasteiger partial charge is 0.489 e. The van der Waals surface area contributed by atoms with Crippen LogP contribution in [0.15, 0.2) is 24.3 Å². The Hall–Kier alpha value is -1.13. The molecule has 1 heterocycles. The highest BCUT2D eigenvalue weighted by molar-refractivity contribution is 5.23. The number of halogens is 1. The Morgan fingerprint density at radius 1 is 1.42 bits per heavy atom. The first kappa shape index (κ1) is 14.3. The lowest BCUT2D eigenvalue weighted by Gasteiger charge is -2.42. The van der Waals surface area contributed by atoms with Gasteiger partial charge in [0.25, 0.3) is 0 Å². The molecule has 1 aliphatic rings. The summed E-state index contributed by atoms with van der Waals surface area (Å²) in [5, 5.41) is 0. The lowest BCUT2D eigenvalue weighted by Crippen LogP contribution is -2.53. The van der Waals surface area contributed by atoms with Crippen molar-refractivity contribution in [2.75, 3.05) is 26.2 Å². The number of hydrogen-bond acceptors (Lipinski definition) is 3. The van der Waals surface area contributed by atoms with E-state index in [1.807, 2.05) is 0 Å². The zero-order chi connectivity index (χ0) is 13.9. The van der Waals surface area contributed by atoms with Crippen LogP contribution in [0.5, 0.6) is 5.75 Å². The molecular formula is C15H23FN2O. The fraction of sp³-hybridized carbons (Fsp3) is 0.600. The minimum atomic E-state index is -0.302. The molecule has 0 aromatic heterocycles. The Balaban J connectivity index is 1.79.